The molecule has 1 heterocycles. The molecule has 1 aromatic rings. The summed E-state index contributed by atoms with van der Waals surface area (Å²) in [6.45, 7) is 3.19. The minimum Gasteiger partial charge on any atom is -0.395 e. The molecule has 0 saturated carbocycles. The zero-order valence-electron chi connectivity index (χ0n) is 8.87. The van der Waals surface area contributed by atoms with Gasteiger partial charge < -0.3 is 10.4 Å². The number of rotatable bonds is 6. The maximum absolute atomic E-state index is 9.14. The first-order valence-electron chi connectivity index (χ1n) is 4.78. The first-order valence-corrected chi connectivity index (χ1v) is 7.74. The standard InChI is InChI=1S/C10H16BrNOS2/c1-7(10(6-13)14-2)12-5-9-8(11)3-4-15-9/h3-4,7,10,12-13H,5-6H2,1-2H3. The van der Waals surface area contributed by atoms with E-state index in [2.05, 4.69) is 39.6 Å². The Hall–Kier alpha value is 0.450. The van der Waals surface area contributed by atoms with Gasteiger partial charge in [0.15, 0.2) is 0 Å². The van der Waals surface area contributed by atoms with Gasteiger partial charge in [-0.1, -0.05) is 0 Å². The minimum atomic E-state index is 0.223. The van der Waals surface area contributed by atoms with E-state index in [1.807, 2.05) is 6.26 Å². The summed E-state index contributed by atoms with van der Waals surface area (Å²) >= 11 is 6.94. The van der Waals surface area contributed by atoms with Crippen LogP contribution in [0.5, 0.6) is 0 Å². The van der Waals surface area contributed by atoms with Crippen molar-refractivity contribution in [3.05, 3.63) is 20.8 Å². The molecule has 2 nitrogen and oxygen atoms in total. The number of hydrogen-bond acceptors (Lipinski definition) is 4. The molecule has 0 fully saturated rings. The molecule has 2 atom stereocenters. The smallest absolute Gasteiger partial charge is 0.0564 e. The largest absolute Gasteiger partial charge is 0.395 e. The summed E-state index contributed by atoms with van der Waals surface area (Å²) in [6, 6.07) is 2.38. The molecule has 0 aliphatic rings. The molecule has 0 spiro atoms. The number of thioether (sulfide) groups is 1. The molecular formula is C10H16BrNOS2. The van der Waals surface area contributed by atoms with Crippen LogP contribution in [0.25, 0.3) is 0 Å². The Morgan fingerprint density at radius 3 is 2.87 bits per heavy atom. The summed E-state index contributed by atoms with van der Waals surface area (Å²) in [5, 5.41) is 14.9. The second-order valence-electron chi connectivity index (χ2n) is 3.32. The number of halogens is 1. The Bertz CT molecular complexity index is 289. The summed E-state index contributed by atoms with van der Waals surface area (Å²) in [5.74, 6) is 0. The van der Waals surface area contributed by atoms with E-state index in [0.29, 0.717) is 6.04 Å². The zero-order valence-corrected chi connectivity index (χ0v) is 12.1. The third-order valence-electron chi connectivity index (χ3n) is 2.32. The van der Waals surface area contributed by atoms with E-state index in [9.17, 15) is 0 Å². The normalized spacial score (nSPS) is 15.2. The van der Waals surface area contributed by atoms with Gasteiger partial charge in [-0.3, -0.25) is 0 Å². The van der Waals surface area contributed by atoms with Crippen LogP contribution in [0.3, 0.4) is 0 Å². The van der Waals surface area contributed by atoms with Crippen LogP contribution in [0, 0.1) is 0 Å². The van der Waals surface area contributed by atoms with Crippen LogP contribution in [-0.2, 0) is 6.54 Å². The molecule has 0 aromatic carbocycles. The molecular weight excluding hydrogens is 294 g/mol. The number of thiophene rings is 1. The van der Waals surface area contributed by atoms with Gasteiger partial charge in [0.2, 0.25) is 0 Å². The highest BCUT2D eigenvalue weighted by Crippen LogP contribution is 2.22. The lowest BCUT2D eigenvalue weighted by Gasteiger charge is -2.21. The van der Waals surface area contributed by atoms with E-state index in [1.165, 1.54) is 4.88 Å². The molecule has 1 rings (SSSR count). The van der Waals surface area contributed by atoms with Gasteiger partial charge in [0.1, 0.15) is 0 Å². The van der Waals surface area contributed by atoms with Crippen molar-refractivity contribution in [1.29, 1.82) is 0 Å². The van der Waals surface area contributed by atoms with Crippen molar-refractivity contribution in [2.75, 3.05) is 12.9 Å². The third kappa shape index (κ3) is 4.07. The Morgan fingerprint density at radius 1 is 1.67 bits per heavy atom. The third-order valence-corrected chi connectivity index (χ3v) is 5.41. The molecule has 1 aromatic heterocycles. The van der Waals surface area contributed by atoms with Crippen LogP contribution < -0.4 is 5.32 Å². The van der Waals surface area contributed by atoms with Crippen molar-refractivity contribution in [1.82, 2.24) is 5.32 Å². The first kappa shape index (κ1) is 13.5. The van der Waals surface area contributed by atoms with E-state index in [1.54, 1.807) is 23.1 Å². The van der Waals surface area contributed by atoms with E-state index in [4.69, 9.17) is 5.11 Å². The molecule has 15 heavy (non-hydrogen) atoms. The maximum atomic E-state index is 9.14. The lowest BCUT2D eigenvalue weighted by Crippen LogP contribution is -2.36. The minimum absolute atomic E-state index is 0.223. The second-order valence-corrected chi connectivity index (χ2v) is 6.25. The second kappa shape index (κ2) is 6.91. The fourth-order valence-corrected chi connectivity index (χ4v) is 3.37. The summed E-state index contributed by atoms with van der Waals surface area (Å²) < 4.78 is 1.16. The zero-order chi connectivity index (χ0) is 11.3. The Kier molecular flexibility index (Phi) is 6.23. The lowest BCUT2D eigenvalue weighted by atomic mass is 10.2. The summed E-state index contributed by atoms with van der Waals surface area (Å²) in [4.78, 5) is 1.31. The van der Waals surface area contributed by atoms with Gasteiger partial charge in [0.25, 0.3) is 0 Å². The van der Waals surface area contributed by atoms with Crippen molar-refractivity contribution in [2.45, 2.75) is 24.8 Å². The molecule has 0 aliphatic heterocycles. The van der Waals surface area contributed by atoms with E-state index in [0.717, 1.165) is 11.0 Å². The van der Waals surface area contributed by atoms with E-state index in [-0.39, 0.29) is 11.9 Å². The number of hydrogen-bond donors (Lipinski definition) is 2. The van der Waals surface area contributed by atoms with Gasteiger partial charge in [-0.15, -0.1) is 11.3 Å². The Labute approximate surface area is 108 Å². The lowest BCUT2D eigenvalue weighted by molar-refractivity contribution is 0.276. The highest BCUT2D eigenvalue weighted by Gasteiger charge is 2.14. The summed E-state index contributed by atoms with van der Waals surface area (Å²) in [7, 11) is 0. The van der Waals surface area contributed by atoms with Crippen molar-refractivity contribution in [3.63, 3.8) is 0 Å². The molecule has 0 bridgehead atoms. The monoisotopic (exact) mass is 309 g/mol. The molecule has 0 saturated heterocycles. The van der Waals surface area contributed by atoms with Gasteiger partial charge in [0.05, 0.1) is 6.61 Å². The van der Waals surface area contributed by atoms with Crippen LogP contribution in [0.15, 0.2) is 15.9 Å². The van der Waals surface area contributed by atoms with Crippen molar-refractivity contribution < 1.29 is 5.11 Å². The average Bonchev–Trinajstić information content (AvgIpc) is 2.63. The van der Waals surface area contributed by atoms with Gasteiger partial charge in [0, 0.05) is 27.2 Å². The van der Waals surface area contributed by atoms with Crippen LogP contribution in [-0.4, -0.2) is 29.3 Å². The van der Waals surface area contributed by atoms with Crippen molar-refractivity contribution >= 4 is 39.0 Å². The van der Waals surface area contributed by atoms with Crippen LogP contribution >= 0.6 is 39.0 Å². The Balaban J connectivity index is 2.40. The van der Waals surface area contributed by atoms with Gasteiger partial charge in [-0.2, -0.15) is 11.8 Å². The van der Waals surface area contributed by atoms with Crippen LogP contribution in [0.2, 0.25) is 0 Å². The predicted octanol–water partition coefficient (Wildman–Crippen LogP) is 2.71. The molecule has 5 heteroatoms. The highest BCUT2D eigenvalue weighted by molar-refractivity contribution is 9.10. The molecule has 0 radical (unpaired) electrons. The quantitative estimate of drug-likeness (QED) is 0.847. The molecule has 0 amide bonds. The topological polar surface area (TPSA) is 32.3 Å². The highest BCUT2D eigenvalue weighted by atomic mass is 79.9. The molecule has 2 unspecified atom stereocenters. The van der Waals surface area contributed by atoms with Crippen LogP contribution in [0.1, 0.15) is 11.8 Å². The van der Waals surface area contributed by atoms with Crippen LogP contribution in [0.4, 0.5) is 0 Å². The average molecular weight is 310 g/mol. The van der Waals surface area contributed by atoms with Crippen molar-refractivity contribution in [2.24, 2.45) is 0 Å². The van der Waals surface area contributed by atoms with Gasteiger partial charge >= 0.3 is 0 Å². The summed E-state index contributed by atoms with van der Waals surface area (Å²) in [6.07, 6.45) is 2.03. The predicted molar refractivity (Wildman–Crippen MR) is 72.7 cm³/mol. The first-order chi connectivity index (χ1) is 7.19. The molecule has 2 N–H and O–H groups in total. The summed E-state index contributed by atoms with van der Waals surface area (Å²) in [5.41, 5.74) is 0. The maximum Gasteiger partial charge on any atom is 0.0564 e. The van der Waals surface area contributed by atoms with E-state index >= 15 is 0 Å². The number of aliphatic hydroxyl groups is 1. The fraction of sp³-hybridized carbons (Fsp3) is 0.600. The SMILES string of the molecule is CSC(CO)C(C)NCc1sccc1Br. The van der Waals surface area contributed by atoms with Crippen molar-refractivity contribution in [3.8, 4) is 0 Å². The molecule has 86 valence electrons. The number of aliphatic hydroxyl groups excluding tert-OH is 1. The van der Waals surface area contributed by atoms with E-state index < -0.39 is 0 Å². The molecule has 0 aliphatic carbocycles. The van der Waals surface area contributed by atoms with Gasteiger partial charge in [-0.25, -0.2) is 0 Å². The van der Waals surface area contributed by atoms with Gasteiger partial charge in [-0.05, 0) is 40.6 Å². The fourth-order valence-electron chi connectivity index (χ4n) is 1.27. The Morgan fingerprint density at radius 2 is 2.40 bits per heavy atom. The number of nitrogens with one attached hydrogen (secondary N) is 1.